The van der Waals surface area contributed by atoms with Crippen molar-refractivity contribution >= 4 is 23.4 Å². The highest BCUT2D eigenvalue weighted by atomic mass is 19.1. The van der Waals surface area contributed by atoms with E-state index in [0.29, 0.717) is 13.1 Å². The Morgan fingerprint density at radius 2 is 1.76 bits per heavy atom. The van der Waals surface area contributed by atoms with E-state index in [1.165, 1.54) is 28.0 Å². The molecule has 176 valence electrons. The number of carbonyl (C=O) groups excluding carboxylic acids is 1. The van der Waals surface area contributed by atoms with Gasteiger partial charge in [-0.05, 0) is 63.6 Å². The van der Waals surface area contributed by atoms with Gasteiger partial charge in [0.25, 0.3) is 0 Å². The second-order valence-corrected chi connectivity index (χ2v) is 8.68. The molecule has 0 radical (unpaired) electrons. The number of halogens is 2. The van der Waals surface area contributed by atoms with Crippen LogP contribution in [0.15, 0.2) is 42.7 Å². The fourth-order valence-corrected chi connectivity index (χ4v) is 3.00. The van der Waals surface area contributed by atoms with Crippen molar-refractivity contribution in [1.82, 2.24) is 19.7 Å². The fourth-order valence-electron chi connectivity index (χ4n) is 3.00. The molecule has 2 aromatic carbocycles. The fraction of sp³-hybridized carbons (Fsp3) is 0.348. The Kier molecular flexibility index (Phi) is 7.15. The Hall–Kier alpha value is -3.69. The van der Waals surface area contributed by atoms with E-state index < -0.39 is 17.2 Å². The maximum Gasteiger partial charge on any atom is 0.410 e. The van der Waals surface area contributed by atoms with E-state index in [2.05, 4.69) is 20.7 Å². The largest absolute Gasteiger partial charge is 0.444 e. The molecule has 0 aliphatic rings. The molecule has 1 aromatic heterocycles. The van der Waals surface area contributed by atoms with E-state index in [-0.39, 0.29) is 17.7 Å². The van der Waals surface area contributed by atoms with Crippen LogP contribution in [0.3, 0.4) is 0 Å². The lowest BCUT2D eigenvalue weighted by Crippen LogP contribution is -2.36. The number of aromatic nitrogens is 3. The number of benzene rings is 2. The number of rotatable bonds is 7. The van der Waals surface area contributed by atoms with Crippen molar-refractivity contribution in [3.63, 3.8) is 0 Å². The van der Waals surface area contributed by atoms with Gasteiger partial charge in [-0.2, -0.15) is 4.98 Å². The first-order valence-electron chi connectivity index (χ1n) is 10.4. The zero-order valence-corrected chi connectivity index (χ0v) is 19.3. The third kappa shape index (κ3) is 7.16. The van der Waals surface area contributed by atoms with Crippen LogP contribution in [-0.4, -0.2) is 51.5 Å². The van der Waals surface area contributed by atoms with Crippen LogP contribution in [0.1, 0.15) is 26.3 Å². The van der Waals surface area contributed by atoms with E-state index >= 15 is 0 Å². The average Bonchev–Trinajstić information content (AvgIpc) is 3.14. The normalized spacial score (nSPS) is 11.2. The van der Waals surface area contributed by atoms with Crippen molar-refractivity contribution in [3.8, 4) is 5.69 Å². The van der Waals surface area contributed by atoms with Crippen LogP contribution in [0, 0.1) is 18.6 Å². The van der Waals surface area contributed by atoms with Crippen LogP contribution in [-0.2, 0) is 4.74 Å². The molecule has 0 spiro atoms. The molecular weight excluding hydrogens is 430 g/mol. The summed E-state index contributed by atoms with van der Waals surface area (Å²) in [6.07, 6.45) is 0.994. The molecule has 2 N–H and O–H groups in total. The van der Waals surface area contributed by atoms with Crippen molar-refractivity contribution < 1.29 is 18.3 Å². The number of likely N-dealkylation sites (N-methyl/N-ethyl adjacent to an activating group) is 1. The Morgan fingerprint density at radius 1 is 1.09 bits per heavy atom. The minimum atomic E-state index is -0.693. The molecule has 0 aliphatic carbocycles. The Labute approximate surface area is 191 Å². The van der Waals surface area contributed by atoms with Gasteiger partial charge in [-0.1, -0.05) is 0 Å². The summed E-state index contributed by atoms with van der Waals surface area (Å²) < 4.78 is 33.6. The molecule has 0 saturated carbocycles. The van der Waals surface area contributed by atoms with Crippen molar-refractivity contribution in [2.24, 2.45) is 0 Å². The monoisotopic (exact) mass is 458 g/mol. The molecular formula is C23H28F2N6O2. The topological polar surface area (TPSA) is 84.3 Å². The second-order valence-electron chi connectivity index (χ2n) is 8.68. The summed E-state index contributed by atoms with van der Waals surface area (Å²) in [7, 11) is 1.69. The van der Waals surface area contributed by atoms with E-state index in [9.17, 15) is 13.6 Å². The summed E-state index contributed by atoms with van der Waals surface area (Å²) in [5.74, 6) is -1.11. The van der Waals surface area contributed by atoms with Gasteiger partial charge < -0.3 is 20.3 Å². The van der Waals surface area contributed by atoms with E-state index in [1.54, 1.807) is 7.05 Å². The number of hydrogen-bond acceptors (Lipinski definition) is 6. The molecule has 1 amide bonds. The number of hydrogen-bond donors (Lipinski definition) is 2. The molecule has 0 atom stereocenters. The highest BCUT2D eigenvalue weighted by Crippen LogP contribution is 2.21. The predicted molar refractivity (Wildman–Crippen MR) is 123 cm³/mol. The number of nitrogens with zero attached hydrogens (tertiary/aromatic N) is 4. The standard InChI is InChI=1S/C23H28F2N6O2/c1-15-8-18(26-6-7-30(5)22(32)33-23(2,3)4)13-19(9-15)28-21-27-14-31(29-21)20-11-16(24)10-17(25)12-20/h8-14,26H,6-7H2,1-5H3,(H,28,29). The van der Waals surface area contributed by atoms with Crippen LogP contribution in [0.25, 0.3) is 5.69 Å². The van der Waals surface area contributed by atoms with Crippen LogP contribution >= 0.6 is 0 Å². The number of ether oxygens (including phenoxy) is 1. The highest BCUT2D eigenvalue weighted by Gasteiger charge is 2.19. The molecule has 8 nitrogen and oxygen atoms in total. The smallest absolute Gasteiger partial charge is 0.410 e. The third-order valence-corrected chi connectivity index (χ3v) is 4.42. The minimum absolute atomic E-state index is 0.230. The minimum Gasteiger partial charge on any atom is -0.444 e. The molecule has 3 rings (SSSR count). The summed E-state index contributed by atoms with van der Waals surface area (Å²) in [5, 5.41) is 10.6. The first kappa shape index (κ1) is 24.0. The van der Waals surface area contributed by atoms with Gasteiger partial charge in [0.05, 0.1) is 5.69 Å². The molecule has 1 heterocycles. The van der Waals surface area contributed by atoms with E-state index in [1.807, 2.05) is 45.9 Å². The SMILES string of the molecule is Cc1cc(NCCN(C)C(=O)OC(C)(C)C)cc(Nc2ncn(-c3cc(F)cc(F)c3)n2)c1. The zero-order chi connectivity index (χ0) is 24.2. The summed E-state index contributed by atoms with van der Waals surface area (Å²) in [6, 6.07) is 8.91. The van der Waals surface area contributed by atoms with Gasteiger partial charge in [-0.3, -0.25) is 0 Å². The first-order valence-corrected chi connectivity index (χ1v) is 10.4. The van der Waals surface area contributed by atoms with Gasteiger partial charge in [0.1, 0.15) is 23.6 Å². The Bertz CT molecular complexity index is 1110. The van der Waals surface area contributed by atoms with E-state index in [0.717, 1.165) is 23.0 Å². The molecule has 0 bridgehead atoms. The number of anilines is 3. The molecule has 0 fully saturated rings. The van der Waals surface area contributed by atoms with Crippen LogP contribution in [0.5, 0.6) is 0 Å². The van der Waals surface area contributed by atoms with Crippen molar-refractivity contribution in [3.05, 3.63) is 59.9 Å². The average molecular weight is 459 g/mol. The third-order valence-electron chi connectivity index (χ3n) is 4.42. The van der Waals surface area contributed by atoms with E-state index in [4.69, 9.17) is 4.74 Å². The lowest BCUT2D eigenvalue weighted by molar-refractivity contribution is 0.0305. The van der Waals surface area contributed by atoms with Gasteiger partial charge in [0.2, 0.25) is 5.95 Å². The molecule has 0 unspecified atom stereocenters. The van der Waals surface area contributed by atoms with Gasteiger partial charge >= 0.3 is 6.09 Å². The molecule has 33 heavy (non-hydrogen) atoms. The van der Waals surface area contributed by atoms with Crippen molar-refractivity contribution in [2.75, 3.05) is 30.8 Å². The molecule has 10 heteroatoms. The number of aryl methyl sites for hydroxylation is 1. The Morgan fingerprint density at radius 3 is 2.42 bits per heavy atom. The van der Waals surface area contributed by atoms with Gasteiger partial charge in [-0.15, -0.1) is 5.10 Å². The number of carbonyl (C=O) groups is 1. The van der Waals surface area contributed by atoms with Gasteiger partial charge in [0.15, 0.2) is 0 Å². The van der Waals surface area contributed by atoms with Crippen LogP contribution in [0.2, 0.25) is 0 Å². The lowest BCUT2D eigenvalue weighted by Gasteiger charge is -2.24. The van der Waals surface area contributed by atoms with Crippen LogP contribution in [0.4, 0.5) is 30.9 Å². The summed E-state index contributed by atoms with van der Waals surface area (Å²) in [5.41, 5.74) is 2.27. The summed E-state index contributed by atoms with van der Waals surface area (Å²) in [4.78, 5) is 17.7. The second kappa shape index (κ2) is 9.85. The molecule has 0 saturated heterocycles. The first-order chi connectivity index (χ1) is 15.5. The summed E-state index contributed by atoms with van der Waals surface area (Å²) in [6.45, 7) is 8.41. The maximum absolute atomic E-state index is 13.5. The molecule has 3 aromatic rings. The van der Waals surface area contributed by atoms with Crippen LogP contribution < -0.4 is 10.6 Å². The predicted octanol–water partition coefficient (Wildman–Crippen LogP) is 4.88. The van der Waals surface area contributed by atoms with Gasteiger partial charge in [-0.25, -0.2) is 18.3 Å². The lowest BCUT2D eigenvalue weighted by atomic mass is 10.2. The summed E-state index contributed by atoms with van der Waals surface area (Å²) >= 11 is 0. The van der Waals surface area contributed by atoms with Gasteiger partial charge in [0, 0.05) is 37.6 Å². The number of amides is 1. The maximum atomic E-state index is 13.5. The molecule has 0 aliphatic heterocycles. The number of nitrogens with one attached hydrogen (secondary N) is 2. The van der Waals surface area contributed by atoms with Crippen molar-refractivity contribution in [1.29, 1.82) is 0 Å². The highest BCUT2D eigenvalue weighted by molar-refractivity contribution is 5.68. The quantitative estimate of drug-likeness (QED) is 0.525. The Balaban J connectivity index is 1.61. The van der Waals surface area contributed by atoms with Crippen molar-refractivity contribution in [2.45, 2.75) is 33.3 Å². The zero-order valence-electron chi connectivity index (χ0n) is 19.3.